The summed E-state index contributed by atoms with van der Waals surface area (Å²) >= 11 is 0. The van der Waals surface area contributed by atoms with E-state index in [0.717, 1.165) is 30.6 Å². The van der Waals surface area contributed by atoms with Gasteiger partial charge in [0.05, 0.1) is 11.4 Å². The zero-order valence-corrected chi connectivity index (χ0v) is 14.4. The third kappa shape index (κ3) is 3.42. The SMILES string of the molecule is COC(C)c1noc(CN2CCCc3ccc(S(N)(=O)=O)cc32)n1. The first kappa shape index (κ1) is 16.9. The van der Waals surface area contributed by atoms with Crippen molar-refractivity contribution in [2.75, 3.05) is 18.6 Å². The normalized spacial score (nSPS) is 16.0. The second-order valence-electron chi connectivity index (χ2n) is 5.78. The lowest BCUT2D eigenvalue weighted by atomic mass is 10.0. The van der Waals surface area contributed by atoms with Crippen LogP contribution in [0.3, 0.4) is 0 Å². The van der Waals surface area contributed by atoms with Crippen molar-refractivity contribution in [3.8, 4) is 0 Å². The number of fused-ring (bicyclic) bond motifs is 1. The van der Waals surface area contributed by atoms with Crippen LogP contribution in [0.25, 0.3) is 0 Å². The highest BCUT2D eigenvalue weighted by Crippen LogP contribution is 2.30. The quantitative estimate of drug-likeness (QED) is 0.865. The molecular formula is C15H20N4O4S. The van der Waals surface area contributed by atoms with E-state index in [0.29, 0.717) is 18.3 Å². The Kier molecular flexibility index (Phi) is 4.57. The number of benzene rings is 1. The number of nitrogens with zero attached hydrogens (tertiary/aromatic N) is 3. The highest BCUT2D eigenvalue weighted by Gasteiger charge is 2.22. The van der Waals surface area contributed by atoms with Gasteiger partial charge in [0.15, 0.2) is 5.82 Å². The number of aryl methyl sites for hydroxylation is 1. The number of methoxy groups -OCH3 is 1. The van der Waals surface area contributed by atoms with Crippen LogP contribution in [-0.2, 0) is 27.7 Å². The van der Waals surface area contributed by atoms with E-state index < -0.39 is 10.0 Å². The largest absolute Gasteiger partial charge is 0.374 e. The maximum absolute atomic E-state index is 11.6. The van der Waals surface area contributed by atoms with E-state index in [1.807, 2.05) is 17.9 Å². The first-order valence-electron chi connectivity index (χ1n) is 7.64. The van der Waals surface area contributed by atoms with Crippen LogP contribution in [0.2, 0.25) is 0 Å². The number of sulfonamides is 1. The van der Waals surface area contributed by atoms with Crippen LogP contribution in [0, 0.1) is 0 Å². The second-order valence-corrected chi connectivity index (χ2v) is 7.35. The number of hydrogen-bond donors (Lipinski definition) is 1. The van der Waals surface area contributed by atoms with E-state index >= 15 is 0 Å². The van der Waals surface area contributed by atoms with Gasteiger partial charge in [-0.2, -0.15) is 4.98 Å². The molecule has 1 aliphatic heterocycles. The van der Waals surface area contributed by atoms with Crippen LogP contribution >= 0.6 is 0 Å². The molecule has 1 aromatic carbocycles. The van der Waals surface area contributed by atoms with E-state index in [-0.39, 0.29) is 11.0 Å². The maximum Gasteiger partial charge on any atom is 0.246 e. The zero-order valence-electron chi connectivity index (χ0n) is 13.6. The van der Waals surface area contributed by atoms with E-state index in [2.05, 4.69) is 10.1 Å². The van der Waals surface area contributed by atoms with Gasteiger partial charge in [-0.25, -0.2) is 13.6 Å². The predicted molar refractivity (Wildman–Crippen MR) is 86.9 cm³/mol. The van der Waals surface area contributed by atoms with Gasteiger partial charge in [-0.1, -0.05) is 11.2 Å². The van der Waals surface area contributed by atoms with Gasteiger partial charge >= 0.3 is 0 Å². The van der Waals surface area contributed by atoms with Crippen molar-refractivity contribution in [1.29, 1.82) is 0 Å². The van der Waals surface area contributed by atoms with Crippen molar-refractivity contribution in [3.63, 3.8) is 0 Å². The molecule has 24 heavy (non-hydrogen) atoms. The van der Waals surface area contributed by atoms with E-state index in [4.69, 9.17) is 14.4 Å². The number of aromatic nitrogens is 2. The van der Waals surface area contributed by atoms with E-state index in [1.165, 1.54) is 0 Å². The minimum absolute atomic E-state index is 0.104. The monoisotopic (exact) mass is 352 g/mol. The summed E-state index contributed by atoms with van der Waals surface area (Å²) in [5, 5.41) is 9.15. The Labute approximate surface area is 140 Å². The van der Waals surface area contributed by atoms with Gasteiger partial charge < -0.3 is 14.2 Å². The lowest BCUT2D eigenvalue weighted by Crippen LogP contribution is -2.29. The molecule has 8 nitrogen and oxygen atoms in total. The van der Waals surface area contributed by atoms with Crippen molar-refractivity contribution in [2.24, 2.45) is 5.14 Å². The van der Waals surface area contributed by atoms with Crippen molar-refractivity contribution in [1.82, 2.24) is 10.1 Å². The minimum atomic E-state index is -3.74. The maximum atomic E-state index is 11.6. The predicted octanol–water partition coefficient (Wildman–Crippen LogP) is 1.38. The lowest BCUT2D eigenvalue weighted by Gasteiger charge is -2.30. The molecule has 1 unspecified atom stereocenters. The highest BCUT2D eigenvalue weighted by molar-refractivity contribution is 7.89. The second kappa shape index (κ2) is 6.50. The van der Waals surface area contributed by atoms with Crippen molar-refractivity contribution < 1.29 is 17.7 Å². The number of anilines is 1. The van der Waals surface area contributed by atoms with Gasteiger partial charge in [-0.3, -0.25) is 0 Å². The molecule has 2 aromatic rings. The standard InChI is InChI=1S/C15H20N4O4S/c1-10(22-2)15-17-14(23-18-15)9-19-7-3-4-11-5-6-12(8-13(11)19)24(16,20)21/h5-6,8,10H,3-4,7,9H2,1-2H3,(H2,16,20,21). The Bertz CT molecular complexity index is 834. The Morgan fingerprint density at radius 2 is 2.25 bits per heavy atom. The summed E-state index contributed by atoms with van der Waals surface area (Å²) in [7, 11) is -2.16. The Morgan fingerprint density at radius 1 is 1.46 bits per heavy atom. The fourth-order valence-corrected chi connectivity index (χ4v) is 3.27. The summed E-state index contributed by atoms with van der Waals surface area (Å²) < 4.78 is 33.6. The molecule has 3 rings (SSSR count). The molecule has 0 aliphatic carbocycles. The first-order valence-corrected chi connectivity index (χ1v) is 9.19. The lowest BCUT2D eigenvalue weighted by molar-refractivity contribution is 0.109. The van der Waals surface area contributed by atoms with Gasteiger partial charge in [-0.15, -0.1) is 0 Å². The van der Waals surface area contributed by atoms with E-state index in [9.17, 15) is 8.42 Å². The van der Waals surface area contributed by atoms with Gasteiger partial charge in [0, 0.05) is 19.3 Å². The van der Waals surface area contributed by atoms with Crippen LogP contribution in [0.1, 0.15) is 36.7 Å². The number of hydrogen-bond acceptors (Lipinski definition) is 7. The Balaban J connectivity index is 1.87. The molecule has 0 saturated heterocycles. The van der Waals surface area contributed by atoms with Crippen LogP contribution in [0.5, 0.6) is 0 Å². The summed E-state index contributed by atoms with van der Waals surface area (Å²) in [6, 6.07) is 4.97. The van der Waals surface area contributed by atoms with Gasteiger partial charge in [-0.05, 0) is 37.5 Å². The average molecular weight is 352 g/mol. The molecule has 0 spiro atoms. The molecule has 0 radical (unpaired) electrons. The minimum Gasteiger partial charge on any atom is -0.374 e. The average Bonchev–Trinajstić information content (AvgIpc) is 3.02. The molecule has 1 aromatic heterocycles. The topological polar surface area (TPSA) is 112 Å². The zero-order chi connectivity index (χ0) is 17.3. The van der Waals surface area contributed by atoms with Gasteiger partial charge in [0.25, 0.3) is 0 Å². The van der Waals surface area contributed by atoms with E-state index in [1.54, 1.807) is 19.2 Å². The third-order valence-corrected chi connectivity index (χ3v) is 5.04. The molecule has 0 saturated carbocycles. The summed E-state index contributed by atoms with van der Waals surface area (Å²) in [6.07, 6.45) is 1.62. The van der Waals surface area contributed by atoms with Gasteiger partial charge in [0.1, 0.15) is 6.10 Å². The number of rotatable bonds is 5. The highest BCUT2D eigenvalue weighted by atomic mass is 32.2. The summed E-state index contributed by atoms with van der Waals surface area (Å²) in [5.41, 5.74) is 1.92. The van der Waals surface area contributed by atoms with Crippen LogP contribution in [0.15, 0.2) is 27.6 Å². The Morgan fingerprint density at radius 3 is 2.96 bits per heavy atom. The molecule has 2 N–H and O–H groups in total. The fraction of sp³-hybridized carbons (Fsp3) is 0.467. The smallest absolute Gasteiger partial charge is 0.246 e. The number of ether oxygens (including phenoxy) is 1. The molecule has 1 aliphatic rings. The van der Waals surface area contributed by atoms with Crippen molar-refractivity contribution in [3.05, 3.63) is 35.5 Å². The molecule has 0 bridgehead atoms. The molecule has 1 atom stereocenters. The van der Waals surface area contributed by atoms with Crippen LogP contribution < -0.4 is 10.0 Å². The molecule has 2 heterocycles. The Hall–Kier alpha value is -1.97. The van der Waals surface area contributed by atoms with Crippen molar-refractivity contribution in [2.45, 2.75) is 37.3 Å². The first-order chi connectivity index (χ1) is 11.4. The third-order valence-electron chi connectivity index (χ3n) is 4.13. The van der Waals surface area contributed by atoms with Crippen LogP contribution in [0.4, 0.5) is 5.69 Å². The van der Waals surface area contributed by atoms with Crippen molar-refractivity contribution >= 4 is 15.7 Å². The number of primary sulfonamides is 1. The molecule has 0 amide bonds. The summed E-state index contributed by atoms with van der Waals surface area (Å²) in [4.78, 5) is 6.47. The van der Waals surface area contributed by atoms with Gasteiger partial charge in [0.2, 0.25) is 15.9 Å². The molecule has 0 fully saturated rings. The molecular weight excluding hydrogens is 332 g/mol. The summed E-state index contributed by atoms with van der Waals surface area (Å²) in [6.45, 7) is 3.02. The molecule has 9 heteroatoms. The fourth-order valence-electron chi connectivity index (χ4n) is 2.74. The number of nitrogens with two attached hydrogens (primary N) is 1. The van der Waals surface area contributed by atoms with Crippen LogP contribution in [-0.4, -0.2) is 32.2 Å². The molecule has 130 valence electrons. The summed E-state index contributed by atoms with van der Waals surface area (Å²) in [5.74, 6) is 0.950.